The molecule has 0 atom stereocenters. The van der Waals surface area contributed by atoms with Crippen molar-refractivity contribution in [2.24, 2.45) is 0 Å². The summed E-state index contributed by atoms with van der Waals surface area (Å²) in [6.07, 6.45) is 4.47. The fourth-order valence-electron chi connectivity index (χ4n) is 2.27. The molecule has 1 aromatic carbocycles. The fourth-order valence-corrected chi connectivity index (χ4v) is 2.57. The van der Waals surface area contributed by atoms with Crippen molar-refractivity contribution in [3.8, 4) is 0 Å². The number of aromatic nitrogens is 2. The first-order valence-corrected chi connectivity index (χ1v) is 7.71. The number of rotatable bonds is 5. The van der Waals surface area contributed by atoms with Gasteiger partial charge in [-0.05, 0) is 30.5 Å². The zero-order chi connectivity index (χ0) is 14.5. The number of hydrogen-bond donors (Lipinski definition) is 0. The lowest BCUT2D eigenvalue weighted by Gasteiger charge is -2.26. The molecule has 1 amide bonds. The summed E-state index contributed by atoms with van der Waals surface area (Å²) in [7, 11) is 0. The van der Waals surface area contributed by atoms with Gasteiger partial charge in [0.05, 0.1) is 11.0 Å². The van der Waals surface area contributed by atoms with Gasteiger partial charge in [-0.25, -0.2) is 0 Å². The van der Waals surface area contributed by atoms with Crippen LogP contribution in [0.5, 0.6) is 0 Å². The van der Waals surface area contributed by atoms with Gasteiger partial charge in [0.1, 0.15) is 6.67 Å². The Balaban J connectivity index is 2.43. The van der Waals surface area contributed by atoms with E-state index in [2.05, 4.69) is 34.0 Å². The molecule has 1 aromatic heterocycles. The highest BCUT2D eigenvalue weighted by molar-refractivity contribution is 9.09. The lowest BCUT2D eigenvalue weighted by atomic mass is 10.0. The molecule has 0 radical (unpaired) electrons. The van der Waals surface area contributed by atoms with E-state index < -0.39 is 0 Å². The van der Waals surface area contributed by atoms with Gasteiger partial charge in [0, 0.05) is 12.4 Å². The van der Waals surface area contributed by atoms with Crippen molar-refractivity contribution in [1.29, 1.82) is 0 Å². The second-order valence-corrected chi connectivity index (χ2v) is 5.14. The van der Waals surface area contributed by atoms with E-state index in [9.17, 15) is 4.79 Å². The Morgan fingerprint density at radius 3 is 2.80 bits per heavy atom. The van der Waals surface area contributed by atoms with E-state index in [1.165, 1.54) is 5.56 Å². The number of halogens is 1. The van der Waals surface area contributed by atoms with E-state index in [0.29, 0.717) is 12.0 Å². The largest absolute Gasteiger partial charge is 0.291 e. The minimum absolute atomic E-state index is 0.0319. The van der Waals surface area contributed by atoms with Crippen molar-refractivity contribution in [3.63, 3.8) is 0 Å². The van der Waals surface area contributed by atoms with Crippen molar-refractivity contribution in [2.75, 3.05) is 10.2 Å². The van der Waals surface area contributed by atoms with Gasteiger partial charge in [0.15, 0.2) is 0 Å². The summed E-state index contributed by atoms with van der Waals surface area (Å²) < 4.78 is 1.76. The first-order chi connectivity index (χ1) is 9.67. The molecule has 0 N–H and O–H groups in total. The third-order valence-corrected chi connectivity index (χ3v) is 3.71. The summed E-state index contributed by atoms with van der Waals surface area (Å²) in [6, 6.07) is 7.99. The molecule has 4 nitrogen and oxygen atoms in total. The molecule has 0 saturated heterocycles. The van der Waals surface area contributed by atoms with E-state index in [-0.39, 0.29) is 5.91 Å². The molecule has 106 valence electrons. The third-order valence-electron chi connectivity index (χ3n) is 3.23. The zero-order valence-electron chi connectivity index (χ0n) is 11.7. The van der Waals surface area contributed by atoms with Crippen LogP contribution in [0.25, 0.3) is 0 Å². The highest BCUT2D eigenvalue weighted by Crippen LogP contribution is 2.26. The maximum Gasteiger partial charge on any atom is 0.239 e. The highest BCUT2D eigenvalue weighted by atomic mass is 79.9. The maximum absolute atomic E-state index is 12.3. The van der Waals surface area contributed by atoms with Crippen molar-refractivity contribution < 1.29 is 4.79 Å². The third kappa shape index (κ3) is 3.10. The molecule has 1 heterocycles. The van der Waals surface area contributed by atoms with Crippen LogP contribution < -0.4 is 4.90 Å². The minimum Gasteiger partial charge on any atom is -0.291 e. The van der Waals surface area contributed by atoms with Crippen LogP contribution >= 0.6 is 15.9 Å². The number of nitrogens with zero attached hydrogens (tertiary/aromatic N) is 3. The Hall–Kier alpha value is -1.62. The maximum atomic E-state index is 12.3. The van der Waals surface area contributed by atoms with E-state index in [4.69, 9.17) is 0 Å². The Morgan fingerprint density at radius 2 is 2.20 bits per heavy atom. The molecule has 0 spiro atoms. The average Bonchev–Trinajstić information content (AvgIpc) is 2.97. The molecule has 0 aliphatic carbocycles. The SMILES string of the molecule is CCc1cccc(C)c1N(Cn1cccn1)C(=O)CBr. The first-order valence-electron chi connectivity index (χ1n) is 6.59. The quantitative estimate of drug-likeness (QED) is 0.787. The number of carbonyl (C=O) groups is 1. The van der Waals surface area contributed by atoms with Crippen LogP contribution in [0, 0.1) is 6.92 Å². The molecular formula is C15H18BrN3O. The summed E-state index contributed by atoms with van der Waals surface area (Å²) in [5.41, 5.74) is 3.27. The van der Waals surface area contributed by atoms with Crippen molar-refractivity contribution in [3.05, 3.63) is 47.8 Å². The van der Waals surface area contributed by atoms with E-state index in [1.54, 1.807) is 15.8 Å². The van der Waals surface area contributed by atoms with Crippen molar-refractivity contribution >= 4 is 27.5 Å². The standard InChI is InChI=1S/C15H18BrN3O/c1-3-13-7-4-6-12(2)15(13)19(14(20)10-16)11-18-9-5-8-17-18/h4-9H,3,10-11H2,1-2H3. The van der Waals surface area contributed by atoms with Crippen LogP contribution in [-0.4, -0.2) is 21.0 Å². The second kappa shape index (κ2) is 6.70. The van der Waals surface area contributed by atoms with Crippen LogP contribution in [0.15, 0.2) is 36.7 Å². The summed E-state index contributed by atoms with van der Waals surface area (Å²) in [5.74, 6) is 0.0319. The zero-order valence-corrected chi connectivity index (χ0v) is 13.3. The smallest absolute Gasteiger partial charge is 0.239 e. The number of alkyl halides is 1. The molecule has 0 bridgehead atoms. The topological polar surface area (TPSA) is 38.1 Å². The summed E-state index contributed by atoms with van der Waals surface area (Å²) in [4.78, 5) is 14.1. The number of aryl methyl sites for hydroxylation is 2. The summed E-state index contributed by atoms with van der Waals surface area (Å²) >= 11 is 3.27. The first kappa shape index (κ1) is 14.8. The lowest BCUT2D eigenvalue weighted by Crippen LogP contribution is -2.35. The van der Waals surface area contributed by atoms with Crippen LogP contribution in [0.4, 0.5) is 5.69 Å². The molecule has 0 fully saturated rings. The van der Waals surface area contributed by atoms with Crippen LogP contribution in [0.3, 0.4) is 0 Å². The van der Waals surface area contributed by atoms with E-state index in [0.717, 1.165) is 17.7 Å². The number of anilines is 1. The number of amides is 1. The molecular weight excluding hydrogens is 318 g/mol. The van der Waals surface area contributed by atoms with Crippen molar-refractivity contribution in [1.82, 2.24) is 9.78 Å². The molecule has 0 aliphatic heterocycles. The molecule has 20 heavy (non-hydrogen) atoms. The molecule has 2 rings (SSSR count). The summed E-state index contributed by atoms with van der Waals surface area (Å²) in [5, 5.41) is 4.49. The molecule has 0 aliphatic rings. The Kier molecular flexibility index (Phi) is 4.95. The number of carbonyl (C=O) groups excluding carboxylic acids is 1. The Labute approximate surface area is 127 Å². The summed E-state index contributed by atoms with van der Waals surface area (Å²) in [6.45, 7) is 4.56. The van der Waals surface area contributed by atoms with Gasteiger partial charge in [-0.2, -0.15) is 5.10 Å². The monoisotopic (exact) mass is 335 g/mol. The van der Waals surface area contributed by atoms with Gasteiger partial charge in [-0.3, -0.25) is 14.4 Å². The second-order valence-electron chi connectivity index (χ2n) is 4.58. The minimum atomic E-state index is 0.0319. The Bertz CT molecular complexity index is 581. The van der Waals surface area contributed by atoms with Crippen LogP contribution in [-0.2, 0) is 17.9 Å². The molecule has 0 saturated carbocycles. The molecule has 5 heteroatoms. The number of para-hydroxylation sites is 1. The fraction of sp³-hybridized carbons (Fsp3) is 0.333. The van der Waals surface area contributed by atoms with Crippen LogP contribution in [0.1, 0.15) is 18.1 Å². The number of hydrogen-bond acceptors (Lipinski definition) is 2. The van der Waals surface area contributed by atoms with Crippen LogP contribution in [0.2, 0.25) is 0 Å². The Morgan fingerprint density at radius 1 is 1.40 bits per heavy atom. The van der Waals surface area contributed by atoms with Gasteiger partial charge in [0.25, 0.3) is 0 Å². The van der Waals surface area contributed by atoms with E-state index >= 15 is 0 Å². The molecule has 2 aromatic rings. The van der Waals surface area contributed by atoms with Gasteiger partial charge < -0.3 is 0 Å². The molecule has 0 unspecified atom stereocenters. The van der Waals surface area contributed by atoms with Gasteiger partial charge in [-0.15, -0.1) is 0 Å². The lowest BCUT2D eigenvalue weighted by molar-refractivity contribution is -0.116. The van der Waals surface area contributed by atoms with Gasteiger partial charge in [0.2, 0.25) is 5.91 Å². The van der Waals surface area contributed by atoms with E-state index in [1.807, 2.05) is 31.3 Å². The predicted octanol–water partition coefficient (Wildman–Crippen LogP) is 3.14. The van der Waals surface area contributed by atoms with Gasteiger partial charge >= 0.3 is 0 Å². The normalized spacial score (nSPS) is 10.6. The predicted molar refractivity (Wildman–Crippen MR) is 84.1 cm³/mol. The number of benzene rings is 1. The average molecular weight is 336 g/mol. The highest BCUT2D eigenvalue weighted by Gasteiger charge is 2.19. The van der Waals surface area contributed by atoms with Crippen molar-refractivity contribution in [2.45, 2.75) is 26.9 Å². The van der Waals surface area contributed by atoms with Gasteiger partial charge in [-0.1, -0.05) is 41.1 Å².